The lowest BCUT2D eigenvalue weighted by Crippen LogP contribution is -2.49. The molecular weight excluding hydrogens is 330 g/mol. The number of aromatic amines is 1. The minimum absolute atomic E-state index is 0.0853. The van der Waals surface area contributed by atoms with Crippen LogP contribution in [0.1, 0.15) is 18.9 Å². The van der Waals surface area contributed by atoms with Gasteiger partial charge in [0.05, 0.1) is 18.1 Å². The van der Waals surface area contributed by atoms with E-state index in [0.717, 1.165) is 49.2 Å². The van der Waals surface area contributed by atoms with Gasteiger partial charge in [0, 0.05) is 44.5 Å². The van der Waals surface area contributed by atoms with Crippen LogP contribution in [0.25, 0.3) is 10.9 Å². The lowest BCUT2D eigenvalue weighted by atomic mass is 10.1. The largest absolute Gasteiger partial charge is 0.370 e. The minimum Gasteiger partial charge on any atom is -0.370 e. The third kappa shape index (κ3) is 4.82. The van der Waals surface area contributed by atoms with E-state index in [1.54, 1.807) is 12.6 Å². The van der Waals surface area contributed by atoms with E-state index in [1.807, 2.05) is 24.0 Å². The predicted octanol–water partition coefficient (Wildman–Crippen LogP) is 0.965. The van der Waals surface area contributed by atoms with Gasteiger partial charge in [-0.25, -0.2) is 0 Å². The van der Waals surface area contributed by atoms with Crippen LogP contribution >= 0.6 is 0 Å². The zero-order valence-corrected chi connectivity index (χ0v) is 15.1. The SMILES string of the molecule is CC(CC(N)=O)CN1CCN(C(=O)[CH]Cc2ccc3[nH]ncc3c2)CC1. The molecule has 1 aliphatic rings. The van der Waals surface area contributed by atoms with Crippen molar-refractivity contribution in [3.05, 3.63) is 36.4 Å². The fraction of sp³-hybridized carbons (Fsp3) is 0.474. The average Bonchev–Trinajstić information content (AvgIpc) is 3.07. The highest BCUT2D eigenvalue weighted by molar-refractivity contribution is 5.85. The first-order valence-electron chi connectivity index (χ1n) is 9.06. The number of nitrogens with zero attached hydrogens (tertiary/aromatic N) is 3. The van der Waals surface area contributed by atoms with Crippen LogP contribution in [0.3, 0.4) is 0 Å². The molecule has 7 heteroatoms. The predicted molar refractivity (Wildman–Crippen MR) is 100 cm³/mol. The van der Waals surface area contributed by atoms with Crippen molar-refractivity contribution in [2.45, 2.75) is 19.8 Å². The average molecular weight is 356 g/mol. The zero-order chi connectivity index (χ0) is 18.5. The summed E-state index contributed by atoms with van der Waals surface area (Å²) in [4.78, 5) is 27.6. The summed E-state index contributed by atoms with van der Waals surface area (Å²) in [6.07, 6.45) is 4.58. The highest BCUT2D eigenvalue weighted by Gasteiger charge is 2.22. The number of carbonyl (C=O) groups is 2. The Hall–Kier alpha value is -2.41. The van der Waals surface area contributed by atoms with Gasteiger partial charge in [0.15, 0.2) is 0 Å². The second-order valence-electron chi connectivity index (χ2n) is 7.10. The van der Waals surface area contributed by atoms with Crippen molar-refractivity contribution >= 4 is 22.7 Å². The molecule has 1 unspecified atom stereocenters. The number of benzene rings is 1. The number of carbonyl (C=O) groups excluding carboxylic acids is 2. The van der Waals surface area contributed by atoms with Crippen LogP contribution in [-0.2, 0) is 16.0 Å². The molecule has 3 rings (SSSR count). The molecule has 139 valence electrons. The summed E-state index contributed by atoms with van der Waals surface area (Å²) in [5.74, 6) is 0.0794. The molecule has 1 atom stereocenters. The van der Waals surface area contributed by atoms with Crippen LogP contribution in [0.4, 0.5) is 0 Å². The van der Waals surface area contributed by atoms with Crippen LogP contribution in [0, 0.1) is 12.3 Å². The molecule has 1 aromatic heterocycles. The highest BCUT2D eigenvalue weighted by atomic mass is 16.2. The van der Waals surface area contributed by atoms with Crippen molar-refractivity contribution in [2.75, 3.05) is 32.7 Å². The van der Waals surface area contributed by atoms with Crippen molar-refractivity contribution in [3.8, 4) is 0 Å². The number of fused-ring (bicyclic) bond motifs is 1. The summed E-state index contributed by atoms with van der Waals surface area (Å²) in [6.45, 7) is 6.00. The van der Waals surface area contributed by atoms with Gasteiger partial charge >= 0.3 is 0 Å². The molecule has 7 nitrogen and oxygen atoms in total. The highest BCUT2D eigenvalue weighted by Crippen LogP contribution is 2.15. The molecule has 0 aliphatic carbocycles. The smallest absolute Gasteiger partial charge is 0.226 e. The number of H-pyrrole nitrogens is 1. The van der Waals surface area contributed by atoms with E-state index in [9.17, 15) is 9.59 Å². The maximum atomic E-state index is 12.4. The Morgan fingerprint density at radius 3 is 2.81 bits per heavy atom. The van der Waals surface area contributed by atoms with E-state index < -0.39 is 0 Å². The lowest BCUT2D eigenvalue weighted by Gasteiger charge is -2.35. The van der Waals surface area contributed by atoms with Crippen LogP contribution in [0.5, 0.6) is 0 Å². The Bertz CT molecular complexity index is 764. The van der Waals surface area contributed by atoms with Crippen molar-refractivity contribution in [1.82, 2.24) is 20.0 Å². The van der Waals surface area contributed by atoms with Crippen LogP contribution in [0.15, 0.2) is 24.4 Å². The molecule has 26 heavy (non-hydrogen) atoms. The van der Waals surface area contributed by atoms with E-state index >= 15 is 0 Å². The molecule has 2 aromatic rings. The Balaban J connectivity index is 1.42. The van der Waals surface area contributed by atoms with Crippen molar-refractivity contribution in [3.63, 3.8) is 0 Å². The molecule has 1 saturated heterocycles. The Morgan fingerprint density at radius 1 is 1.31 bits per heavy atom. The number of hydrogen-bond donors (Lipinski definition) is 2. The number of amides is 2. The molecule has 2 amide bonds. The number of nitrogens with one attached hydrogen (secondary N) is 1. The van der Waals surface area contributed by atoms with Crippen molar-refractivity contribution < 1.29 is 9.59 Å². The van der Waals surface area contributed by atoms with E-state index in [-0.39, 0.29) is 17.7 Å². The standard InChI is InChI=1S/C19H26N5O2/c1-14(10-18(20)25)13-23-6-8-24(9-7-23)19(26)5-3-15-2-4-17-16(11-15)12-21-22-17/h2,4-5,11-12,14H,3,6-10,13H2,1H3,(H2,20,25)(H,21,22). The van der Waals surface area contributed by atoms with Gasteiger partial charge in [-0.15, -0.1) is 0 Å². The van der Waals surface area contributed by atoms with Crippen LogP contribution < -0.4 is 5.73 Å². The topological polar surface area (TPSA) is 95.3 Å². The number of nitrogens with two attached hydrogens (primary N) is 1. The van der Waals surface area contributed by atoms with Crippen molar-refractivity contribution in [2.24, 2.45) is 11.7 Å². The Labute approximate surface area is 153 Å². The number of hydrogen-bond acceptors (Lipinski definition) is 4. The lowest BCUT2D eigenvalue weighted by molar-refractivity contribution is -0.129. The quantitative estimate of drug-likeness (QED) is 0.773. The fourth-order valence-electron chi connectivity index (χ4n) is 3.45. The first-order chi connectivity index (χ1) is 12.5. The van der Waals surface area contributed by atoms with Gasteiger partial charge in [0.1, 0.15) is 0 Å². The first kappa shape index (κ1) is 18.4. The molecule has 1 aliphatic heterocycles. The number of rotatable bonds is 7. The van der Waals surface area contributed by atoms with Crippen LogP contribution in [0.2, 0.25) is 0 Å². The summed E-state index contributed by atoms with van der Waals surface area (Å²) in [5.41, 5.74) is 7.35. The van der Waals surface area contributed by atoms with E-state index in [4.69, 9.17) is 5.73 Å². The molecule has 0 saturated carbocycles. The summed E-state index contributed by atoms with van der Waals surface area (Å²) >= 11 is 0. The summed E-state index contributed by atoms with van der Waals surface area (Å²) in [6, 6.07) is 6.06. The molecule has 1 fully saturated rings. The van der Waals surface area contributed by atoms with Gasteiger partial charge in [-0.05, 0) is 30.0 Å². The number of aromatic nitrogens is 2. The van der Waals surface area contributed by atoms with Gasteiger partial charge in [-0.3, -0.25) is 19.6 Å². The molecular formula is C19H26N5O2. The normalized spacial score (nSPS) is 16.7. The van der Waals surface area contributed by atoms with E-state index in [1.165, 1.54) is 0 Å². The second-order valence-corrected chi connectivity index (χ2v) is 7.10. The molecule has 0 bridgehead atoms. The minimum atomic E-state index is -0.255. The molecule has 1 aromatic carbocycles. The summed E-state index contributed by atoms with van der Waals surface area (Å²) in [5, 5.41) is 8.00. The zero-order valence-electron chi connectivity index (χ0n) is 15.1. The van der Waals surface area contributed by atoms with E-state index in [2.05, 4.69) is 21.2 Å². The third-order valence-corrected chi connectivity index (χ3v) is 4.82. The number of piperazine rings is 1. The monoisotopic (exact) mass is 356 g/mol. The third-order valence-electron chi connectivity index (χ3n) is 4.82. The molecule has 1 radical (unpaired) electrons. The second kappa shape index (κ2) is 8.31. The summed E-state index contributed by atoms with van der Waals surface area (Å²) < 4.78 is 0. The molecule has 0 spiro atoms. The van der Waals surface area contributed by atoms with E-state index in [0.29, 0.717) is 12.8 Å². The van der Waals surface area contributed by atoms with Gasteiger partial charge in [-0.2, -0.15) is 5.10 Å². The maximum Gasteiger partial charge on any atom is 0.226 e. The fourth-order valence-corrected chi connectivity index (χ4v) is 3.45. The van der Waals surface area contributed by atoms with Gasteiger partial charge in [-0.1, -0.05) is 13.0 Å². The number of primary amides is 1. The van der Waals surface area contributed by atoms with Gasteiger partial charge in [0.2, 0.25) is 11.8 Å². The molecule has 3 N–H and O–H groups in total. The Kier molecular flexibility index (Phi) is 5.88. The first-order valence-corrected chi connectivity index (χ1v) is 9.06. The van der Waals surface area contributed by atoms with Crippen molar-refractivity contribution in [1.29, 1.82) is 0 Å². The summed E-state index contributed by atoms with van der Waals surface area (Å²) in [7, 11) is 0. The molecule has 2 heterocycles. The van der Waals surface area contributed by atoms with Gasteiger partial charge in [0.25, 0.3) is 0 Å². The van der Waals surface area contributed by atoms with Crippen LogP contribution in [-0.4, -0.2) is 64.5 Å². The maximum absolute atomic E-state index is 12.4. The Morgan fingerprint density at radius 2 is 2.08 bits per heavy atom. The van der Waals surface area contributed by atoms with Gasteiger partial charge < -0.3 is 10.6 Å².